The maximum atomic E-state index is 13.5. The fraction of sp³-hybridized carbons (Fsp3) is 0.133. The van der Waals surface area contributed by atoms with Crippen molar-refractivity contribution in [1.82, 2.24) is 0 Å². The van der Waals surface area contributed by atoms with Crippen molar-refractivity contribution in [3.63, 3.8) is 0 Å². The third-order valence-electron chi connectivity index (χ3n) is 3.02. The van der Waals surface area contributed by atoms with Gasteiger partial charge in [0.05, 0.1) is 5.69 Å². The number of anilines is 1. The first-order valence-corrected chi connectivity index (χ1v) is 6.02. The first-order valence-electron chi connectivity index (χ1n) is 6.02. The summed E-state index contributed by atoms with van der Waals surface area (Å²) in [5.41, 5.74) is 4.99. The van der Waals surface area contributed by atoms with Crippen LogP contribution in [0.3, 0.4) is 0 Å². The molecule has 0 spiro atoms. The predicted octanol–water partition coefficient (Wildman–Crippen LogP) is 2.78. The molecule has 2 aromatic rings. The van der Waals surface area contributed by atoms with E-state index in [1.54, 1.807) is 30.3 Å². The Kier molecular flexibility index (Phi) is 3.81. The molecule has 0 aromatic heterocycles. The molecule has 0 fully saturated rings. The largest absolute Gasteiger partial charge is 0.322 e. The Morgan fingerprint density at radius 1 is 1.15 bits per heavy atom. The van der Waals surface area contributed by atoms with E-state index in [1.165, 1.54) is 6.92 Å². The molecule has 0 aliphatic carbocycles. The van der Waals surface area contributed by atoms with E-state index >= 15 is 0 Å². The van der Waals surface area contributed by atoms with Crippen molar-refractivity contribution in [3.8, 4) is 0 Å². The molecule has 20 heavy (non-hydrogen) atoms. The van der Waals surface area contributed by atoms with Crippen LogP contribution in [0.5, 0.6) is 0 Å². The molecule has 0 aliphatic heterocycles. The van der Waals surface area contributed by atoms with E-state index in [0.717, 1.165) is 18.2 Å². The number of rotatable bonds is 3. The molecular formula is C15H14F2N2O. The number of hydrogen-bond acceptors (Lipinski definition) is 2. The Hall–Kier alpha value is -2.27. The zero-order chi connectivity index (χ0) is 14.8. The van der Waals surface area contributed by atoms with Gasteiger partial charge in [-0.25, -0.2) is 8.78 Å². The van der Waals surface area contributed by atoms with Gasteiger partial charge in [-0.3, -0.25) is 4.79 Å². The number of nitrogens with one attached hydrogen (secondary N) is 1. The van der Waals surface area contributed by atoms with E-state index in [9.17, 15) is 13.6 Å². The van der Waals surface area contributed by atoms with Crippen LogP contribution in [0.15, 0.2) is 48.5 Å². The third-order valence-corrected chi connectivity index (χ3v) is 3.02. The summed E-state index contributed by atoms with van der Waals surface area (Å²) in [5.74, 6) is -1.98. The molecule has 5 heteroatoms. The summed E-state index contributed by atoms with van der Waals surface area (Å²) in [6.07, 6.45) is 0. The van der Waals surface area contributed by atoms with Crippen LogP contribution in [0.25, 0.3) is 0 Å². The van der Waals surface area contributed by atoms with Crippen molar-refractivity contribution in [2.75, 3.05) is 5.32 Å². The maximum Gasteiger partial charge on any atom is 0.248 e. The number of amides is 1. The first-order chi connectivity index (χ1) is 9.41. The molecule has 2 aromatic carbocycles. The molecule has 104 valence electrons. The standard InChI is InChI=1S/C15H14F2N2O/c1-15(18,10-5-3-2-4-6-10)14(20)19-13-9-11(16)7-8-12(13)17/h2-9H,18H2,1H3,(H,19,20). The monoisotopic (exact) mass is 276 g/mol. The molecule has 3 N–H and O–H groups in total. The topological polar surface area (TPSA) is 55.1 Å². The van der Waals surface area contributed by atoms with Crippen LogP contribution >= 0.6 is 0 Å². The summed E-state index contributed by atoms with van der Waals surface area (Å²) < 4.78 is 26.6. The summed E-state index contributed by atoms with van der Waals surface area (Å²) in [7, 11) is 0. The average Bonchev–Trinajstić information content (AvgIpc) is 2.43. The molecule has 0 heterocycles. The number of carbonyl (C=O) groups is 1. The minimum atomic E-state index is -1.35. The van der Waals surface area contributed by atoms with Gasteiger partial charge < -0.3 is 11.1 Å². The highest BCUT2D eigenvalue weighted by Gasteiger charge is 2.30. The third kappa shape index (κ3) is 2.83. The number of nitrogens with two attached hydrogens (primary N) is 1. The Morgan fingerprint density at radius 2 is 1.80 bits per heavy atom. The average molecular weight is 276 g/mol. The van der Waals surface area contributed by atoms with E-state index in [4.69, 9.17) is 5.73 Å². The van der Waals surface area contributed by atoms with Gasteiger partial charge in [-0.15, -0.1) is 0 Å². The Balaban J connectivity index is 2.26. The molecule has 0 bridgehead atoms. The lowest BCUT2D eigenvalue weighted by molar-refractivity contribution is -0.120. The lowest BCUT2D eigenvalue weighted by Crippen LogP contribution is -2.45. The van der Waals surface area contributed by atoms with Crippen molar-refractivity contribution in [1.29, 1.82) is 0 Å². The lowest BCUT2D eigenvalue weighted by Gasteiger charge is -2.24. The SMILES string of the molecule is CC(N)(C(=O)Nc1cc(F)ccc1F)c1ccccc1. The van der Waals surface area contributed by atoms with E-state index < -0.39 is 23.1 Å². The van der Waals surface area contributed by atoms with Crippen LogP contribution in [0.1, 0.15) is 12.5 Å². The van der Waals surface area contributed by atoms with Gasteiger partial charge in [0.2, 0.25) is 5.91 Å². The van der Waals surface area contributed by atoms with Gasteiger partial charge >= 0.3 is 0 Å². The highest BCUT2D eigenvalue weighted by atomic mass is 19.1. The zero-order valence-electron chi connectivity index (χ0n) is 10.9. The molecule has 3 nitrogen and oxygen atoms in total. The van der Waals surface area contributed by atoms with Crippen LogP contribution < -0.4 is 11.1 Å². The van der Waals surface area contributed by atoms with Crippen LogP contribution in [0.2, 0.25) is 0 Å². The number of hydrogen-bond donors (Lipinski definition) is 2. The van der Waals surface area contributed by atoms with Gasteiger partial charge in [0.25, 0.3) is 0 Å². The molecule has 0 radical (unpaired) electrons. The van der Waals surface area contributed by atoms with Crippen LogP contribution in [-0.2, 0) is 10.3 Å². The quantitative estimate of drug-likeness (QED) is 0.905. The summed E-state index contributed by atoms with van der Waals surface area (Å²) >= 11 is 0. The van der Waals surface area contributed by atoms with Crippen molar-refractivity contribution in [2.24, 2.45) is 5.73 Å². The minimum Gasteiger partial charge on any atom is -0.322 e. The van der Waals surface area contributed by atoms with Crippen LogP contribution in [0, 0.1) is 11.6 Å². The van der Waals surface area contributed by atoms with E-state index in [-0.39, 0.29) is 5.69 Å². The highest BCUT2D eigenvalue weighted by molar-refractivity contribution is 5.98. The summed E-state index contributed by atoms with van der Waals surface area (Å²) in [6.45, 7) is 1.51. The van der Waals surface area contributed by atoms with E-state index in [1.807, 2.05) is 0 Å². The molecule has 1 amide bonds. The van der Waals surface area contributed by atoms with Crippen molar-refractivity contribution in [3.05, 3.63) is 65.7 Å². The number of carbonyl (C=O) groups excluding carboxylic acids is 1. The van der Waals surface area contributed by atoms with Crippen LogP contribution in [-0.4, -0.2) is 5.91 Å². The van der Waals surface area contributed by atoms with Gasteiger partial charge in [-0.2, -0.15) is 0 Å². The minimum absolute atomic E-state index is 0.234. The first kappa shape index (κ1) is 14.1. The second-order valence-corrected chi connectivity index (χ2v) is 4.65. The maximum absolute atomic E-state index is 13.5. The van der Waals surface area contributed by atoms with E-state index in [2.05, 4.69) is 5.32 Å². The van der Waals surface area contributed by atoms with Crippen molar-refractivity contribution in [2.45, 2.75) is 12.5 Å². The Labute approximate surface area is 115 Å². The van der Waals surface area contributed by atoms with E-state index in [0.29, 0.717) is 5.56 Å². The molecule has 0 saturated heterocycles. The normalized spacial score (nSPS) is 13.6. The molecule has 2 rings (SSSR count). The fourth-order valence-electron chi connectivity index (χ4n) is 1.76. The Morgan fingerprint density at radius 3 is 2.45 bits per heavy atom. The summed E-state index contributed by atoms with van der Waals surface area (Å²) in [6, 6.07) is 11.5. The molecular weight excluding hydrogens is 262 g/mol. The van der Waals surface area contributed by atoms with Gasteiger partial charge in [0.1, 0.15) is 17.2 Å². The Bertz CT molecular complexity index is 627. The van der Waals surface area contributed by atoms with Crippen molar-refractivity contribution < 1.29 is 13.6 Å². The molecule has 1 unspecified atom stereocenters. The molecule has 0 saturated carbocycles. The summed E-state index contributed by atoms with van der Waals surface area (Å²) in [5, 5.41) is 2.31. The second kappa shape index (κ2) is 5.38. The fourth-order valence-corrected chi connectivity index (χ4v) is 1.76. The predicted molar refractivity (Wildman–Crippen MR) is 73.0 cm³/mol. The second-order valence-electron chi connectivity index (χ2n) is 4.65. The van der Waals surface area contributed by atoms with Gasteiger partial charge in [-0.05, 0) is 24.6 Å². The molecule has 0 aliphatic rings. The van der Waals surface area contributed by atoms with Gasteiger partial charge in [0, 0.05) is 6.07 Å². The smallest absolute Gasteiger partial charge is 0.248 e. The summed E-state index contributed by atoms with van der Waals surface area (Å²) in [4.78, 5) is 12.2. The zero-order valence-corrected chi connectivity index (χ0v) is 10.9. The van der Waals surface area contributed by atoms with Crippen molar-refractivity contribution >= 4 is 11.6 Å². The van der Waals surface area contributed by atoms with Gasteiger partial charge in [-0.1, -0.05) is 30.3 Å². The molecule has 1 atom stereocenters. The van der Waals surface area contributed by atoms with Crippen LogP contribution in [0.4, 0.5) is 14.5 Å². The number of benzene rings is 2. The number of halogens is 2. The lowest BCUT2D eigenvalue weighted by atomic mass is 9.92. The highest BCUT2D eigenvalue weighted by Crippen LogP contribution is 2.22. The van der Waals surface area contributed by atoms with Gasteiger partial charge in [0.15, 0.2) is 0 Å².